The molecule has 4 rings (SSSR count). The number of oxime groups is 1. The standard InChI is InChI=1S/C24H34N6O5S2/c1-13(14-8-6-5-7-9-14)30(2,3)10-15-11-36-22-18(21(32)29(22)19(15)23(33)34)27-20(31)17(28-35-4)16-12-37-24(25)26-16/h12-14,18,22H,5-11H2,1-4H3,(H3-,25,26,27,31,33,34)/p+1/b28-17-/t13?,18-,22?/m1/s1. The van der Waals surface area contributed by atoms with Gasteiger partial charge in [-0.2, -0.15) is 0 Å². The number of carboxylic acids is 1. The maximum Gasteiger partial charge on any atom is 0.352 e. The predicted molar refractivity (Wildman–Crippen MR) is 143 cm³/mol. The summed E-state index contributed by atoms with van der Waals surface area (Å²) in [4.78, 5) is 48.6. The number of nitrogens with two attached hydrogens (primary N) is 1. The normalized spacial score (nSPS) is 23.8. The number of likely N-dealkylation sites (N-methyl/N-ethyl adjacent to an activating group) is 1. The van der Waals surface area contributed by atoms with E-state index in [1.54, 1.807) is 5.38 Å². The highest BCUT2D eigenvalue weighted by Crippen LogP contribution is 2.41. The molecule has 1 saturated carbocycles. The Bertz CT molecular complexity index is 1130. The first-order valence-electron chi connectivity index (χ1n) is 12.4. The number of thiazole rings is 1. The fraction of sp³-hybridized carbons (Fsp3) is 0.625. The first-order valence-corrected chi connectivity index (χ1v) is 14.3. The quantitative estimate of drug-likeness (QED) is 0.182. The van der Waals surface area contributed by atoms with Crippen molar-refractivity contribution < 1.29 is 28.8 Å². The SMILES string of the molecule is CO/N=C(\C(=O)N[C@@H]1C(=O)N2C(C(=O)O)=C(C[N+](C)(C)C(C)C3CCCCC3)CSC12)c1csc(N)n1. The number of nitrogens with one attached hydrogen (secondary N) is 1. The maximum absolute atomic E-state index is 13.2. The summed E-state index contributed by atoms with van der Waals surface area (Å²) in [7, 11) is 5.59. The zero-order valence-corrected chi connectivity index (χ0v) is 23.2. The highest BCUT2D eigenvalue weighted by molar-refractivity contribution is 8.00. The van der Waals surface area contributed by atoms with Crippen molar-refractivity contribution in [3.05, 3.63) is 22.3 Å². The van der Waals surface area contributed by atoms with Gasteiger partial charge in [-0.25, -0.2) is 9.78 Å². The molecule has 3 aliphatic rings. The summed E-state index contributed by atoms with van der Waals surface area (Å²) in [5, 5.41) is 17.9. The minimum atomic E-state index is -1.12. The van der Waals surface area contributed by atoms with Gasteiger partial charge in [0.05, 0.1) is 20.1 Å². The van der Waals surface area contributed by atoms with Gasteiger partial charge in [-0.1, -0.05) is 24.4 Å². The molecule has 11 nitrogen and oxygen atoms in total. The highest BCUT2D eigenvalue weighted by Gasteiger charge is 2.55. The van der Waals surface area contributed by atoms with Crippen LogP contribution in [0.25, 0.3) is 0 Å². The monoisotopic (exact) mass is 551 g/mol. The number of aliphatic carboxylic acids is 1. The van der Waals surface area contributed by atoms with Gasteiger partial charge in [-0.15, -0.1) is 23.1 Å². The lowest BCUT2D eigenvalue weighted by Crippen LogP contribution is -2.71. The average molecular weight is 552 g/mol. The Morgan fingerprint density at radius 3 is 2.65 bits per heavy atom. The molecule has 2 fully saturated rings. The summed E-state index contributed by atoms with van der Waals surface area (Å²) >= 11 is 2.61. The molecule has 2 amide bonds. The van der Waals surface area contributed by atoms with Gasteiger partial charge in [0.1, 0.15) is 36.5 Å². The lowest BCUT2D eigenvalue weighted by Gasteiger charge is -2.50. The zero-order valence-electron chi connectivity index (χ0n) is 21.6. The smallest absolute Gasteiger partial charge is 0.352 e. The Morgan fingerprint density at radius 1 is 1.35 bits per heavy atom. The van der Waals surface area contributed by atoms with Crippen molar-refractivity contribution >= 4 is 51.7 Å². The van der Waals surface area contributed by atoms with Crippen LogP contribution in [-0.2, 0) is 19.2 Å². The molecular formula is C24H35N6O5S2+. The Morgan fingerprint density at radius 2 is 2.05 bits per heavy atom. The Hall–Kier alpha value is -2.64. The fourth-order valence-corrected chi connectivity index (χ4v) is 7.41. The van der Waals surface area contributed by atoms with Crippen LogP contribution in [0.3, 0.4) is 0 Å². The number of carbonyl (C=O) groups excluding carboxylic acids is 2. The molecule has 3 heterocycles. The lowest BCUT2D eigenvalue weighted by molar-refractivity contribution is -0.912. The van der Waals surface area contributed by atoms with Crippen molar-refractivity contribution in [1.29, 1.82) is 0 Å². The first-order chi connectivity index (χ1) is 17.5. The summed E-state index contributed by atoms with van der Waals surface area (Å²) in [6.07, 6.45) is 6.19. The van der Waals surface area contributed by atoms with Crippen LogP contribution in [0.4, 0.5) is 5.13 Å². The number of anilines is 1. The van der Waals surface area contributed by atoms with E-state index in [-0.39, 0.29) is 22.2 Å². The van der Waals surface area contributed by atoms with E-state index in [1.807, 2.05) is 0 Å². The number of rotatable bonds is 9. The minimum absolute atomic E-state index is 0.0411. The second kappa shape index (κ2) is 11.0. The number of carbonyl (C=O) groups is 3. The second-order valence-electron chi connectivity index (χ2n) is 10.4. The van der Waals surface area contributed by atoms with Gasteiger partial charge >= 0.3 is 5.97 Å². The molecule has 0 radical (unpaired) electrons. The van der Waals surface area contributed by atoms with E-state index < -0.39 is 29.2 Å². The van der Waals surface area contributed by atoms with Crippen LogP contribution in [0.15, 0.2) is 21.8 Å². The van der Waals surface area contributed by atoms with Crippen LogP contribution < -0.4 is 11.1 Å². The summed E-state index contributed by atoms with van der Waals surface area (Å²) in [5.41, 5.74) is 6.60. The number of carboxylic acid groups (broad SMARTS) is 1. The number of amides is 2. The number of hydrogen-bond donors (Lipinski definition) is 3. The Balaban J connectivity index is 1.50. The van der Waals surface area contributed by atoms with Crippen molar-refractivity contribution in [3.8, 4) is 0 Å². The molecule has 1 aromatic heterocycles. The fourth-order valence-electron chi connectivity index (χ4n) is 5.53. The van der Waals surface area contributed by atoms with Crippen molar-refractivity contribution in [2.24, 2.45) is 11.1 Å². The van der Waals surface area contributed by atoms with Crippen molar-refractivity contribution in [2.45, 2.75) is 56.5 Å². The van der Waals surface area contributed by atoms with Gasteiger partial charge in [-0.3, -0.25) is 14.5 Å². The molecule has 1 aromatic rings. The largest absolute Gasteiger partial charge is 0.477 e. The topological polar surface area (TPSA) is 147 Å². The number of fused-ring (bicyclic) bond motifs is 1. The van der Waals surface area contributed by atoms with Crippen molar-refractivity contribution in [1.82, 2.24) is 15.2 Å². The van der Waals surface area contributed by atoms with Crippen LogP contribution in [0.2, 0.25) is 0 Å². The molecule has 3 atom stereocenters. The zero-order chi connectivity index (χ0) is 26.9. The van der Waals surface area contributed by atoms with Crippen LogP contribution in [0, 0.1) is 5.92 Å². The highest BCUT2D eigenvalue weighted by atomic mass is 32.2. The van der Waals surface area contributed by atoms with E-state index in [0.717, 1.165) is 16.9 Å². The molecule has 0 bridgehead atoms. The van der Waals surface area contributed by atoms with E-state index in [0.29, 0.717) is 28.7 Å². The Kier molecular flexibility index (Phi) is 8.14. The molecule has 202 valence electrons. The number of β-lactam (4-membered cyclic amide) rings is 1. The van der Waals surface area contributed by atoms with E-state index in [2.05, 4.69) is 36.5 Å². The summed E-state index contributed by atoms with van der Waals surface area (Å²) in [6, 6.07) is -0.502. The molecule has 1 saturated heterocycles. The molecule has 2 aliphatic heterocycles. The molecule has 13 heteroatoms. The van der Waals surface area contributed by atoms with E-state index >= 15 is 0 Å². The van der Waals surface area contributed by atoms with Crippen LogP contribution >= 0.6 is 23.1 Å². The summed E-state index contributed by atoms with van der Waals surface area (Å²) in [6.45, 7) is 2.81. The van der Waals surface area contributed by atoms with E-state index in [9.17, 15) is 19.5 Å². The van der Waals surface area contributed by atoms with Crippen molar-refractivity contribution in [2.75, 3.05) is 39.2 Å². The van der Waals surface area contributed by atoms with Gasteiger partial charge in [-0.05, 0) is 19.8 Å². The van der Waals surface area contributed by atoms with E-state index in [4.69, 9.17) is 10.6 Å². The predicted octanol–water partition coefficient (Wildman–Crippen LogP) is 1.86. The molecule has 37 heavy (non-hydrogen) atoms. The molecule has 0 aromatic carbocycles. The van der Waals surface area contributed by atoms with Gasteiger partial charge in [0.2, 0.25) is 0 Å². The number of nitrogen functional groups attached to an aromatic ring is 1. The Labute approximate surface area is 224 Å². The molecule has 4 N–H and O–H groups in total. The number of thioether (sulfide) groups is 1. The number of aromatic nitrogens is 1. The third-order valence-electron chi connectivity index (χ3n) is 7.73. The summed E-state index contributed by atoms with van der Waals surface area (Å²) in [5.74, 6) is -1.13. The first kappa shape index (κ1) is 27.4. The van der Waals surface area contributed by atoms with Gasteiger partial charge in [0.25, 0.3) is 11.8 Å². The van der Waals surface area contributed by atoms with Crippen LogP contribution in [0.5, 0.6) is 0 Å². The van der Waals surface area contributed by atoms with Gasteiger partial charge < -0.3 is 25.5 Å². The molecular weight excluding hydrogens is 516 g/mol. The second-order valence-corrected chi connectivity index (χ2v) is 12.4. The number of nitrogens with zero attached hydrogens (tertiary/aromatic N) is 4. The number of hydrogen-bond acceptors (Lipinski definition) is 9. The maximum atomic E-state index is 13.2. The van der Waals surface area contributed by atoms with Crippen LogP contribution in [0.1, 0.15) is 44.7 Å². The van der Waals surface area contributed by atoms with E-state index in [1.165, 1.54) is 55.9 Å². The summed E-state index contributed by atoms with van der Waals surface area (Å²) < 4.78 is 0.664. The molecule has 2 unspecified atom stereocenters. The number of quaternary nitrogens is 1. The molecule has 0 spiro atoms. The minimum Gasteiger partial charge on any atom is -0.477 e. The average Bonchev–Trinajstić information content (AvgIpc) is 3.30. The lowest BCUT2D eigenvalue weighted by atomic mass is 9.83. The molecule has 1 aliphatic carbocycles. The third kappa shape index (κ3) is 5.48. The van der Waals surface area contributed by atoms with Gasteiger partial charge in [0.15, 0.2) is 10.8 Å². The third-order valence-corrected chi connectivity index (χ3v) is 9.75. The van der Waals surface area contributed by atoms with Crippen LogP contribution in [-0.4, -0.2) is 93.9 Å². The van der Waals surface area contributed by atoms with Gasteiger partial charge in [0, 0.05) is 22.6 Å². The van der Waals surface area contributed by atoms with Crippen molar-refractivity contribution in [3.63, 3.8) is 0 Å².